The van der Waals surface area contributed by atoms with Gasteiger partial charge in [-0.2, -0.15) is 0 Å². The van der Waals surface area contributed by atoms with Crippen LogP contribution in [0, 0.1) is 0 Å². The molecule has 0 bridgehead atoms. The van der Waals surface area contributed by atoms with Gasteiger partial charge < -0.3 is 20.1 Å². The Kier molecular flexibility index (Phi) is 6.89. The molecule has 1 aromatic carbocycles. The highest BCUT2D eigenvalue weighted by molar-refractivity contribution is 5.94. The van der Waals surface area contributed by atoms with Crippen molar-refractivity contribution in [2.45, 2.75) is 32.1 Å². The van der Waals surface area contributed by atoms with Crippen LogP contribution in [0.4, 0.5) is 11.5 Å². The average Bonchev–Trinajstić information content (AvgIpc) is 2.75. The monoisotopic (exact) mass is 381 g/mol. The van der Waals surface area contributed by atoms with Crippen molar-refractivity contribution >= 4 is 17.4 Å². The predicted octanol–water partition coefficient (Wildman–Crippen LogP) is 4.46. The van der Waals surface area contributed by atoms with Gasteiger partial charge in [0.2, 0.25) is 0 Å². The molecule has 148 valence electrons. The van der Waals surface area contributed by atoms with Crippen molar-refractivity contribution in [3.05, 3.63) is 53.7 Å². The zero-order chi connectivity index (χ0) is 19.8. The van der Waals surface area contributed by atoms with Crippen LogP contribution in [0.25, 0.3) is 0 Å². The van der Waals surface area contributed by atoms with Crippen LogP contribution in [-0.4, -0.2) is 31.7 Å². The van der Waals surface area contributed by atoms with E-state index in [-0.39, 0.29) is 5.91 Å². The Labute approximate surface area is 166 Å². The van der Waals surface area contributed by atoms with Crippen molar-refractivity contribution in [1.82, 2.24) is 10.3 Å². The minimum Gasteiger partial charge on any atom is -0.497 e. The third-order valence-electron chi connectivity index (χ3n) is 4.81. The molecule has 28 heavy (non-hydrogen) atoms. The van der Waals surface area contributed by atoms with Crippen LogP contribution >= 0.6 is 0 Å². The Morgan fingerprint density at radius 1 is 1.14 bits per heavy atom. The van der Waals surface area contributed by atoms with Crippen molar-refractivity contribution in [3.8, 4) is 11.5 Å². The van der Waals surface area contributed by atoms with Crippen LogP contribution in [0.2, 0.25) is 0 Å². The van der Waals surface area contributed by atoms with Gasteiger partial charge in [-0.25, -0.2) is 4.98 Å². The van der Waals surface area contributed by atoms with E-state index in [1.54, 1.807) is 38.6 Å². The molecule has 2 N–H and O–H groups in total. The Morgan fingerprint density at radius 2 is 2.04 bits per heavy atom. The number of hydrogen-bond acceptors (Lipinski definition) is 5. The largest absolute Gasteiger partial charge is 0.497 e. The molecule has 1 aromatic heterocycles. The quantitative estimate of drug-likeness (QED) is 0.661. The predicted molar refractivity (Wildman–Crippen MR) is 111 cm³/mol. The third-order valence-corrected chi connectivity index (χ3v) is 4.81. The number of anilines is 2. The number of rotatable bonds is 8. The fourth-order valence-corrected chi connectivity index (χ4v) is 3.21. The maximum atomic E-state index is 12.3. The standard InChI is InChI=1S/C22H27N3O3/c1-27-18-9-10-19(20(14-18)28-2)25-21-11-8-17(15-24-21)22(26)23-13-12-16-6-4-3-5-7-16/h6,8-11,14-15H,3-5,7,12-13H2,1-2H3,(H,23,26)(H,24,25). The van der Waals surface area contributed by atoms with E-state index in [1.165, 1.54) is 24.8 Å². The molecule has 0 saturated carbocycles. The van der Waals surface area contributed by atoms with Gasteiger partial charge in [0.1, 0.15) is 17.3 Å². The third kappa shape index (κ3) is 5.25. The van der Waals surface area contributed by atoms with Gasteiger partial charge in [-0.05, 0) is 56.4 Å². The summed E-state index contributed by atoms with van der Waals surface area (Å²) in [6.07, 6.45) is 9.68. The van der Waals surface area contributed by atoms with Crippen LogP contribution < -0.4 is 20.1 Å². The molecule has 3 rings (SSSR count). The number of methoxy groups -OCH3 is 2. The topological polar surface area (TPSA) is 72.5 Å². The number of ether oxygens (including phenoxy) is 2. The van der Waals surface area contributed by atoms with Gasteiger partial charge >= 0.3 is 0 Å². The van der Waals surface area contributed by atoms with E-state index in [9.17, 15) is 4.79 Å². The lowest BCUT2D eigenvalue weighted by molar-refractivity contribution is 0.0953. The van der Waals surface area contributed by atoms with Crippen LogP contribution in [0.3, 0.4) is 0 Å². The number of allylic oxidation sites excluding steroid dienone is 1. The molecule has 1 aliphatic carbocycles. The maximum Gasteiger partial charge on any atom is 0.252 e. The number of nitrogens with zero attached hydrogens (tertiary/aromatic N) is 1. The Morgan fingerprint density at radius 3 is 2.71 bits per heavy atom. The Balaban J connectivity index is 1.55. The van der Waals surface area contributed by atoms with E-state index >= 15 is 0 Å². The molecular weight excluding hydrogens is 354 g/mol. The molecule has 0 atom stereocenters. The molecule has 0 spiro atoms. The molecule has 0 fully saturated rings. The normalized spacial score (nSPS) is 13.4. The number of carbonyl (C=O) groups is 1. The van der Waals surface area contributed by atoms with E-state index in [4.69, 9.17) is 9.47 Å². The van der Waals surface area contributed by atoms with Crippen LogP contribution in [0.1, 0.15) is 42.5 Å². The first-order valence-electron chi connectivity index (χ1n) is 9.61. The Bertz CT molecular complexity index is 831. The number of pyridine rings is 1. The highest BCUT2D eigenvalue weighted by Crippen LogP contribution is 2.31. The molecule has 6 heteroatoms. The summed E-state index contributed by atoms with van der Waals surface area (Å²) in [5, 5.41) is 6.17. The summed E-state index contributed by atoms with van der Waals surface area (Å²) in [7, 11) is 3.21. The summed E-state index contributed by atoms with van der Waals surface area (Å²) < 4.78 is 10.6. The minimum absolute atomic E-state index is 0.0995. The first kappa shape index (κ1) is 19.7. The number of nitrogens with one attached hydrogen (secondary N) is 2. The highest BCUT2D eigenvalue weighted by atomic mass is 16.5. The van der Waals surface area contributed by atoms with Crippen molar-refractivity contribution < 1.29 is 14.3 Å². The molecule has 1 aliphatic rings. The molecule has 0 unspecified atom stereocenters. The summed E-state index contributed by atoms with van der Waals surface area (Å²) >= 11 is 0. The molecule has 0 aliphatic heterocycles. The summed E-state index contributed by atoms with van der Waals surface area (Å²) in [5.74, 6) is 1.90. The summed E-state index contributed by atoms with van der Waals surface area (Å²) in [6, 6.07) is 9.04. The first-order chi connectivity index (χ1) is 13.7. The number of hydrogen-bond donors (Lipinski definition) is 2. The molecular formula is C22H27N3O3. The number of carbonyl (C=O) groups excluding carboxylic acids is 1. The van der Waals surface area contributed by atoms with Gasteiger partial charge in [0.25, 0.3) is 5.91 Å². The van der Waals surface area contributed by atoms with Gasteiger partial charge in [-0.1, -0.05) is 11.6 Å². The van der Waals surface area contributed by atoms with E-state index in [2.05, 4.69) is 21.7 Å². The zero-order valence-corrected chi connectivity index (χ0v) is 16.5. The molecule has 1 amide bonds. The lowest BCUT2D eigenvalue weighted by Crippen LogP contribution is -2.25. The van der Waals surface area contributed by atoms with E-state index in [0.717, 1.165) is 18.5 Å². The van der Waals surface area contributed by atoms with Crippen molar-refractivity contribution in [2.24, 2.45) is 0 Å². The number of aromatic nitrogens is 1. The van der Waals surface area contributed by atoms with Crippen LogP contribution in [0.5, 0.6) is 11.5 Å². The van der Waals surface area contributed by atoms with Gasteiger partial charge in [-0.3, -0.25) is 4.79 Å². The van der Waals surface area contributed by atoms with Gasteiger partial charge in [0.15, 0.2) is 0 Å². The molecule has 1 heterocycles. The van der Waals surface area contributed by atoms with Gasteiger partial charge in [0.05, 0.1) is 25.5 Å². The lowest BCUT2D eigenvalue weighted by Gasteiger charge is -2.13. The smallest absolute Gasteiger partial charge is 0.252 e. The summed E-state index contributed by atoms with van der Waals surface area (Å²) in [4.78, 5) is 16.6. The second-order valence-electron chi connectivity index (χ2n) is 6.74. The summed E-state index contributed by atoms with van der Waals surface area (Å²) in [6.45, 7) is 0.660. The number of benzene rings is 1. The van der Waals surface area contributed by atoms with Crippen molar-refractivity contribution in [1.29, 1.82) is 0 Å². The average molecular weight is 381 g/mol. The SMILES string of the molecule is COc1ccc(Nc2ccc(C(=O)NCCC3=CCCCC3)cn2)c(OC)c1. The van der Waals surface area contributed by atoms with Crippen LogP contribution in [0.15, 0.2) is 48.2 Å². The fourth-order valence-electron chi connectivity index (χ4n) is 3.21. The van der Waals surface area contributed by atoms with Crippen molar-refractivity contribution in [2.75, 3.05) is 26.1 Å². The van der Waals surface area contributed by atoms with Gasteiger partial charge in [-0.15, -0.1) is 0 Å². The Hall–Kier alpha value is -3.02. The minimum atomic E-state index is -0.0995. The second kappa shape index (κ2) is 9.78. The first-order valence-corrected chi connectivity index (χ1v) is 9.61. The molecule has 0 radical (unpaired) electrons. The van der Waals surface area contributed by atoms with Gasteiger partial charge in [0, 0.05) is 18.8 Å². The zero-order valence-electron chi connectivity index (χ0n) is 16.5. The molecule has 0 saturated heterocycles. The lowest BCUT2D eigenvalue weighted by atomic mass is 9.97. The van der Waals surface area contributed by atoms with E-state index < -0.39 is 0 Å². The second-order valence-corrected chi connectivity index (χ2v) is 6.74. The van der Waals surface area contributed by atoms with E-state index in [0.29, 0.717) is 29.4 Å². The number of amides is 1. The van der Waals surface area contributed by atoms with Crippen LogP contribution in [-0.2, 0) is 0 Å². The summed E-state index contributed by atoms with van der Waals surface area (Å²) in [5.41, 5.74) is 2.77. The fraction of sp³-hybridized carbons (Fsp3) is 0.364. The molecule has 6 nitrogen and oxygen atoms in total. The van der Waals surface area contributed by atoms with Crippen molar-refractivity contribution in [3.63, 3.8) is 0 Å². The molecule has 2 aromatic rings. The maximum absolute atomic E-state index is 12.3. The highest BCUT2D eigenvalue weighted by Gasteiger charge is 2.09. The van der Waals surface area contributed by atoms with E-state index in [1.807, 2.05) is 12.1 Å².